The molecule has 0 saturated carbocycles. The minimum absolute atomic E-state index is 0.114. The van der Waals surface area contributed by atoms with E-state index in [2.05, 4.69) is 0 Å². The van der Waals surface area contributed by atoms with E-state index in [1.165, 1.54) is 4.90 Å². The Hall–Kier alpha value is -2.26. The van der Waals surface area contributed by atoms with Crippen LogP contribution < -0.4 is 10.2 Å². The number of rotatable bonds is 7. The number of hydrogen-bond donors (Lipinski definition) is 0. The number of amides is 3. The molecule has 1 unspecified atom stereocenters. The standard InChI is InChI=1S/C25H41BN2O6/c1-18(15-16-28(21(29)27(9)10)22(30)32-23(2,3)4)17-31-20-13-11-19(12-14-20)26-33-24(5,6)25(7,8)34-26/h11-14,18H,15-17H2,1-10H3. The van der Waals surface area contributed by atoms with Crippen LogP contribution in [0.4, 0.5) is 9.59 Å². The zero-order valence-corrected chi connectivity index (χ0v) is 22.4. The Morgan fingerprint density at radius 3 is 2.03 bits per heavy atom. The lowest BCUT2D eigenvalue weighted by molar-refractivity contribution is 0.00578. The highest BCUT2D eigenvalue weighted by molar-refractivity contribution is 6.62. The van der Waals surface area contributed by atoms with Gasteiger partial charge in [-0.05, 0) is 78.4 Å². The molecule has 0 bridgehead atoms. The van der Waals surface area contributed by atoms with Gasteiger partial charge in [-0.1, -0.05) is 19.1 Å². The van der Waals surface area contributed by atoms with Crippen molar-refractivity contribution in [3.05, 3.63) is 24.3 Å². The Labute approximate surface area is 205 Å². The number of ether oxygens (including phenoxy) is 2. The Kier molecular flexibility index (Phi) is 8.69. The fourth-order valence-electron chi connectivity index (χ4n) is 3.20. The summed E-state index contributed by atoms with van der Waals surface area (Å²) in [6.07, 6.45) is -0.0530. The summed E-state index contributed by atoms with van der Waals surface area (Å²) in [6, 6.07) is 7.29. The van der Waals surface area contributed by atoms with Crippen LogP contribution in [0, 0.1) is 5.92 Å². The summed E-state index contributed by atoms with van der Waals surface area (Å²) < 4.78 is 23.5. The number of hydrogen-bond acceptors (Lipinski definition) is 6. The van der Waals surface area contributed by atoms with Gasteiger partial charge in [0.1, 0.15) is 11.4 Å². The van der Waals surface area contributed by atoms with Gasteiger partial charge in [-0.15, -0.1) is 0 Å². The molecule has 1 fully saturated rings. The largest absolute Gasteiger partial charge is 0.494 e. The summed E-state index contributed by atoms with van der Waals surface area (Å²) >= 11 is 0. The molecule has 0 aromatic heterocycles. The highest BCUT2D eigenvalue weighted by Crippen LogP contribution is 2.36. The molecule has 1 aliphatic rings. The second-order valence-electron chi connectivity index (χ2n) is 11.2. The quantitative estimate of drug-likeness (QED) is 0.546. The predicted molar refractivity (Wildman–Crippen MR) is 133 cm³/mol. The molecule has 0 spiro atoms. The van der Waals surface area contributed by atoms with E-state index in [1.54, 1.807) is 34.9 Å². The number of benzene rings is 1. The minimum Gasteiger partial charge on any atom is -0.493 e. The molecule has 1 heterocycles. The molecule has 34 heavy (non-hydrogen) atoms. The topological polar surface area (TPSA) is 77.5 Å². The fourth-order valence-corrected chi connectivity index (χ4v) is 3.20. The first kappa shape index (κ1) is 28.0. The summed E-state index contributed by atoms with van der Waals surface area (Å²) in [5, 5.41) is 0. The van der Waals surface area contributed by atoms with Crippen molar-refractivity contribution in [1.29, 1.82) is 0 Å². The van der Waals surface area contributed by atoms with E-state index in [0.717, 1.165) is 16.1 Å². The van der Waals surface area contributed by atoms with E-state index >= 15 is 0 Å². The summed E-state index contributed by atoms with van der Waals surface area (Å²) in [5.74, 6) is 0.850. The third kappa shape index (κ3) is 7.37. The zero-order valence-electron chi connectivity index (χ0n) is 22.4. The Morgan fingerprint density at radius 2 is 1.56 bits per heavy atom. The maximum atomic E-state index is 12.5. The summed E-state index contributed by atoms with van der Waals surface area (Å²) in [4.78, 5) is 27.5. The highest BCUT2D eigenvalue weighted by atomic mass is 16.7. The van der Waals surface area contributed by atoms with Gasteiger partial charge in [-0.25, -0.2) is 14.5 Å². The molecule has 1 aromatic carbocycles. The molecule has 1 aromatic rings. The van der Waals surface area contributed by atoms with E-state index in [9.17, 15) is 9.59 Å². The summed E-state index contributed by atoms with van der Waals surface area (Å²) in [7, 11) is 2.81. The molecule has 3 amide bonds. The Bertz CT molecular complexity index is 832. The molecule has 9 heteroatoms. The van der Waals surface area contributed by atoms with Gasteiger partial charge in [0.15, 0.2) is 0 Å². The van der Waals surface area contributed by atoms with Crippen LogP contribution in [0.2, 0.25) is 0 Å². The van der Waals surface area contributed by atoms with Crippen LogP contribution in [0.5, 0.6) is 5.75 Å². The molecule has 0 radical (unpaired) electrons. The third-order valence-electron chi connectivity index (χ3n) is 6.01. The van der Waals surface area contributed by atoms with Crippen molar-refractivity contribution in [1.82, 2.24) is 9.80 Å². The molecule has 1 saturated heterocycles. The highest BCUT2D eigenvalue weighted by Gasteiger charge is 2.51. The average molecular weight is 476 g/mol. The van der Waals surface area contributed by atoms with E-state index in [4.69, 9.17) is 18.8 Å². The first-order chi connectivity index (χ1) is 15.5. The van der Waals surface area contributed by atoms with Crippen LogP contribution in [0.3, 0.4) is 0 Å². The summed E-state index contributed by atoms with van der Waals surface area (Å²) in [5.41, 5.74) is -0.510. The summed E-state index contributed by atoms with van der Waals surface area (Å²) in [6.45, 7) is 16.2. The number of imide groups is 1. The molecule has 1 atom stereocenters. The maximum absolute atomic E-state index is 12.5. The van der Waals surface area contributed by atoms with Crippen LogP contribution in [0.15, 0.2) is 24.3 Å². The van der Waals surface area contributed by atoms with Crippen LogP contribution >= 0.6 is 0 Å². The molecular weight excluding hydrogens is 435 g/mol. The number of nitrogens with zero attached hydrogens (tertiary/aromatic N) is 2. The van der Waals surface area contributed by atoms with Crippen molar-refractivity contribution in [2.75, 3.05) is 27.2 Å². The predicted octanol–water partition coefficient (Wildman–Crippen LogP) is 4.31. The van der Waals surface area contributed by atoms with Gasteiger partial charge < -0.3 is 23.7 Å². The zero-order chi connectivity index (χ0) is 25.9. The fraction of sp³-hybridized carbons (Fsp3) is 0.680. The molecule has 0 N–H and O–H groups in total. The lowest BCUT2D eigenvalue weighted by Crippen LogP contribution is -2.46. The van der Waals surface area contributed by atoms with Crippen molar-refractivity contribution in [3.63, 3.8) is 0 Å². The molecule has 190 valence electrons. The number of carbonyl (C=O) groups excluding carboxylic acids is 2. The second-order valence-corrected chi connectivity index (χ2v) is 11.2. The van der Waals surface area contributed by atoms with E-state index in [1.807, 2.05) is 58.9 Å². The monoisotopic (exact) mass is 476 g/mol. The van der Waals surface area contributed by atoms with Crippen LogP contribution in [0.1, 0.15) is 61.8 Å². The van der Waals surface area contributed by atoms with Crippen LogP contribution in [-0.4, -0.2) is 73.1 Å². The lowest BCUT2D eigenvalue weighted by Gasteiger charge is -2.32. The first-order valence-electron chi connectivity index (χ1n) is 11.8. The van der Waals surface area contributed by atoms with Gasteiger partial charge in [0.2, 0.25) is 0 Å². The van der Waals surface area contributed by atoms with E-state index in [0.29, 0.717) is 13.0 Å². The van der Waals surface area contributed by atoms with E-state index in [-0.39, 0.29) is 23.7 Å². The Balaban J connectivity index is 1.89. The maximum Gasteiger partial charge on any atom is 0.494 e. The van der Waals surface area contributed by atoms with Gasteiger partial charge in [0.05, 0.1) is 17.8 Å². The second kappa shape index (κ2) is 10.6. The smallest absolute Gasteiger partial charge is 0.493 e. The van der Waals surface area contributed by atoms with Gasteiger partial charge in [0, 0.05) is 20.6 Å². The van der Waals surface area contributed by atoms with Crippen LogP contribution in [0.25, 0.3) is 0 Å². The van der Waals surface area contributed by atoms with Gasteiger partial charge in [-0.3, -0.25) is 0 Å². The first-order valence-corrected chi connectivity index (χ1v) is 11.8. The number of urea groups is 1. The Morgan fingerprint density at radius 1 is 1.03 bits per heavy atom. The van der Waals surface area contributed by atoms with Crippen molar-refractivity contribution < 1.29 is 28.4 Å². The average Bonchev–Trinajstić information content (AvgIpc) is 2.92. The van der Waals surface area contributed by atoms with Crippen molar-refractivity contribution in [2.45, 2.75) is 78.6 Å². The SMILES string of the molecule is CC(CCN(C(=O)OC(C)(C)C)C(=O)N(C)C)COc1ccc(B2OC(C)(C)C(C)(C)O2)cc1. The van der Waals surface area contributed by atoms with Crippen molar-refractivity contribution >= 4 is 24.7 Å². The molecule has 8 nitrogen and oxygen atoms in total. The van der Waals surface area contributed by atoms with E-state index < -0.39 is 24.8 Å². The number of carbonyl (C=O) groups is 2. The molecule has 2 rings (SSSR count). The van der Waals surface area contributed by atoms with Gasteiger partial charge >= 0.3 is 19.2 Å². The van der Waals surface area contributed by atoms with Crippen molar-refractivity contribution in [3.8, 4) is 5.75 Å². The lowest BCUT2D eigenvalue weighted by atomic mass is 9.79. The molecule has 0 aliphatic carbocycles. The molecule has 1 aliphatic heterocycles. The molecular formula is C25H41BN2O6. The van der Waals surface area contributed by atoms with Crippen LogP contribution in [-0.2, 0) is 14.0 Å². The minimum atomic E-state index is -0.678. The van der Waals surface area contributed by atoms with Gasteiger partial charge in [0.25, 0.3) is 0 Å². The third-order valence-corrected chi connectivity index (χ3v) is 6.01. The normalized spacial score (nSPS) is 17.8. The van der Waals surface area contributed by atoms with Crippen molar-refractivity contribution in [2.24, 2.45) is 5.92 Å². The van der Waals surface area contributed by atoms with Gasteiger partial charge in [-0.2, -0.15) is 0 Å².